The zero-order valence-electron chi connectivity index (χ0n) is 16.9. The number of nitrogens with one attached hydrogen (secondary N) is 1. The summed E-state index contributed by atoms with van der Waals surface area (Å²) < 4.78 is 6.44. The summed E-state index contributed by atoms with van der Waals surface area (Å²) in [5.74, 6) is -0.253. The summed E-state index contributed by atoms with van der Waals surface area (Å²) in [5.41, 5.74) is 1.23. The van der Waals surface area contributed by atoms with Gasteiger partial charge in [-0.15, -0.1) is 0 Å². The van der Waals surface area contributed by atoms with Gasteiger partial charge in [-0.3, -0.25) is 19.3 Å². The van der Waals surface area contributed by atoms with E-state index in [1.807, 2.05) is 38.1 Å². The second-order valence-electron chi connectivity index (χ2n) is 6.85. The standard InChI is InChI=1S/C22H20BrClN2O4S/c1-3-13(2)30-16-7-4-14(5-8-16)10-19-21(28)26(22(29)31-19)12-20(27)25-15-6-9-17(23)18(24)11-15/h4-11,13H,3,12H2,1-2H3,(H,25,27)/b19-10-/t13-/m0/s1. The van der Waals surface area contributed by atoms with Crippen molar-refractivity contribution in [3.63, 3.8) is 0 Å². The van der Waals surface area contributed by atoms with Gasteiger partial charge in [0.05, 0.1) is 16.0 Å². The van der Waals surface area contributed by atoms with E-state index in [1.165, 1.54) is 0 Å². The van der Waals surface area contributed by atoms with E-state index in [0.717, 1.165) is 34.4 Å². The number of carbonyl (C=O) groups is 3. The minimum Gasteiger partial charge on any atom is -0.491 e. The molecule has 0 aliphatic carbocycles. The quantitative estimate of drug-likeness (QED) is 0.454. The number of amides is 3. The van der Waals surface area contributed by atoms with Crippen molar-refractivity contribution in [1.29, 1.82) is 0 Å². The van der Waals surface area contributed by atoms with E-state index in [9.17, 15) is 14.4 Å². The maximum Gasteiger partial charge on any atom is 0.294 e. The lowest BCUT2D eigenvalue weighted by Gasteiger charge is -2.13. The van der Waals surface area contributed by atoms with Crippen LogP contribution in [0, 0.1) is 0 Å². The summed E-state index contributed by atoms with van der Waals surface area (Å²) in [5, 5.41) is 2.58. The van der Waals surface area contributed by atoms with Crippen molar-refractivity contribution in [3.05, 3.63) is 62.4 Å². The van der Waals surface area contributed by atoms with Gasteiger partial charge in [0.25, 0.3) is 11.1 Å². The van der Waals surface area contributed by atoms with Crippen molar-refractivity contribution in [2.75, 3.05) is 11.9 Å². The van der Waals surface area contributed by atoms with Crippen LogP contribution in [0.1, 0.15) is 25.8 Å². The predicted molar refractivity (Wildman–Crippen MR) is 127 cm³/mol. The summed E-state index contributed by atoms with van der Waals surface area (Å²) in [4.78, 5) is 38.4. The molecule has 0 bridgehead atoms. The van der Waals surface area contributed by atoms with E-state index in [2.05, 4.69) is 21.2 Å². The molecular weight excluding hydrogens is 504 g/mol. The number of halogens is 2. The maximum atomic E-state index is 12.6. The fourth-order valence-corrected chi connectivity index (χ4v) is 3.93. The molecule has 0 spiro atoms. The Hall–Kier alpha value is -2.29. The first-order valence-corrected chi connectivity index (χ1v) is 11.5. The topological polar surface area (TPSA) is 75.7 Å². The molecule has 3 amide bonds. The third-order valence-electron chi connectivity index (χ3n) is 4.47. The Morgan fingerprint density at radius 2 is 1.97 bits per heavy atom. The van der Waals surface area contributed by atoms with Crippen LogP contribution in [0.2, 0.25) is 5.02 Å². The first kappa shape index (κ1) is 23.4. The van der Waals surface area contributed by atoms with Crippen LogP contribution in [0.25, 0.3) is 6.08 Å². The number of ether oxygens (including phenoxy) is 1. The molecule has 1 aliphatic heterocycles. The normalized spacial score (nSPS) is 16.0. The van der Waals surface area contributed by atoms with Gasteiger partial charge < -0.3 is 10.1 Å². The monoisotopic (exact) mass is 522 g/mol. The van der Waals surface area contributed by atoms with Crippen molar-refractivity contribution < 1.29 is 19.1 Å². The number of hydrogen-bond donors (Lipinski definition) is 1. The molecule has 0 radical (unpaired) electrons. The number of carbonyl (C=O) groups excluding carboxylic acids is 3. The second-order valence-corrected chi connectivity index (χ2v) is 9.11. The number of anilines is 1. The van der Waals surface area contributed by atoms with Crippen LogP contribution >= 0.6 is 39.3 Å². The van der Waals surface area contributed by atoms with Crippen LogP contribution in [0.4, 0.5) is 10.5 Å². The highest BCUT2D eigenvalue weighted by atomic mass is 79.9. The average molecular weight is 524 g/mol. The molecule has 1 saturated heterocycles. The van der Waals surface area contributed by atoms with Gasteiger partial charge in [0.15, 0.2) is 0 Å². The summed E-state index contributed by atoms with van der Waals surface area (Å²) in [6.07, 6.45) is 2.64. The molecule has 1 aliphatic rings. The molecule has 9 heteroatoms. The van der Waals surface area contributed by atoms with Crippen LogP contribution in [-0.4, -0.2) is 34.6 Å². The highest BCUT2D eigenvalue weighted by Gasteiger charge is 2.36. The predicted octanol–water partition coefficient (Wildman–Crippen LogP) is 5.95. The fourth-order valence-electron chi connectivity index (χ4n) is 2.66. The lowest BCUT2D eigenvalue weighted by atomic mass is 10.2. The zero-order valence-corrected chi connectivity index (χ0v) is 20.0. The van der Waals surface area contributed by atoms with Crippen molar-refractivity contribution in [2.45, 2.75) is 26.4 Å². The molecule has 1 fully saturated rings. The Morgan fingerprint density at radius 1 is 1.26 bits per heavy atom. The Bertz CT molecular complexity index is 1040. The van der Waals surface area contributed by atoms with E-state index in [1.54, 1.807) is 24.3 Å². The summed E-state index contributed by atoms with van der Waals surface area (Å²) in [6, 6.07) is 12.2. The third kappa shape index (κ3) is 6.12. The van der Waals surface area contributed by atoms with E-state index in [0.29, 0.717) is 15.2 Å². The van der Waals surface area contributed by atoms with Gasteiger partial charge in [-0.25, -0.2) is 0 Å². The lowest BCUT2D eigenvalue weighted by Crippen LogP contribution is -2.36. The van der Waals surface area contributed by atoms with Gasteiger partial charge >= 0.3 is 0 Å². The van der Waals surface area contributed by atoms with Crippen LogP contribution in [0.3, 0.4) is 0 Å². The fraction of sp³-hybridized carbons (Fsp3) is 0.227. The Kier molecular flexibility index (Phi) is 7.80. The Labute approximate surface area is 198 Å². The van der Waals surface area contributed by atoms with Gasteiger partial charge in [0.1, 0.15) is 12.3 Å². The molecule has 162 valence electrons. The number of imide groups is 1. The number of nitrogens with zero attached hydrogens (tertiary/aromatic N) is 1. The number of benzene rings is 2. The average Bonchev–Trinajstić information content (AvgIpc) is 2.99. The molecular formula is C22H20BrClN2O4S. The SMILES string of the molecule is CC[C@H](C)Oc1ccc(/C=C2\SC(=O)N(CC(=O)Nc3ccc(Br)c(Cl)c3)C2=O)cc1. The largest absolute Gasteiger partial charge is 0.491 e. The highest BCUT2D eigenvalue weighted by Crippen LogP contribution is 2.32. The van der Waals surface area contributed by atoms with Gasteiger partial charge in [0.2, 0.25) is 5.91 Å². The summed E-state index contributed by atoms with van der Waals surface area (Å²) in [6.45, 7) is 3.66. The maximum absolute atomic E-state index is 12.6. The zero-order chi connectivity index (χ0) is 22.5. The highest BCUT2D eigenvalue weighted by molar-refractivity contribution is 9.10. The van der Waals surface area contributed by atoms with Gasteiger partial charge in [-0.1, -0.05) is 30.7 Å². The molecule has 2 aromatic carbocycles. The molecule has 0 unspecified atom stereocenters. The van der Waals surface area contributed by atoms with Crippen LogP contribution in [-0.2, 0) is 9.59 Å². The van der Waals surface area contributed by atoms with Gasteiger partial charge in [-0.2, -0.15) is 0 Å². The van der Waals surface area contributed by atoms with Crippen LogP contribution < -0.4 is 10.1 Å². The molecule has 1 N–H and O–H groups in total. The Morgan fingerprint density at radius 3 is 2.61 bits per heavy atom. The Balaban J connectivity index is 1.64. The molecule has 1 heterocycles. The summed E-state index contributed by atoms with van der Waals surface area (Å²) >= 11 is 10.1. The third-order valence-corrected chi connectivity index (χ3v) is 6.61. The van der Waals surface area contributed by atoms with E-state index < -0.39 is 17.1 Å². The smallest absolute Gasteiger partial charge is 0.294 e. The van der Waals surface area contributed by atoms with Crippen LogP contribution in [0.15, 0.2) is 51.8 Å². The summed E-state index contributed by atoms with van der Waals surface area (Å²) in [7, 11) is 0. The second kappa shape index (κ2) is 10.3. The molecule has 31 heavy (non-hydrogen) atoms. The molecule has 2 aromatic rings. The first-order chi connectivity index (χ1) is 14.8. The minimum atomic E-state index is -0.501. The lowest BCUT2D eigenvalue weighted by molar-refractivity contribution is -0.127. The number of rotatable bonds is 7. The molecule has 0 saturated carbocycles. The van der Waals surface area contributed by atoms with Crippen molar-refractivity contribution in [2.24, 2.45) is 0 Å². The number of thioether (sulfide) groups is 1. The van der Waals surface area contributed by atoms with Gasteiger partial charge in [0, 0.05) is 10.2 Å². The van der Waals surface area contributed by atoms with E-state index >= 15 is 0 Å². The van der Waals surface area contributed by atoms with E-state index in [-0.39, 0.29) is 17.6 Å². The van der Waals surface area contributed by atoms with Crippen molar-refractivity contribution in [3.8, 4) is 5.75 Å². The van der Waals surface area contributed by atoms with Crippen molar-refractivity contribution in [1.82, 2.24) is 4.90 Å². The van der Waals surface area contributed by atoms with Crippen molar-refractivity contribution >= 4 is 68.1 Å². The van der Waals surface area contributed by atoms with Gasteiger partial charge in [-0.05, 0) is 83.0 Å². The molecule has 1 atom stereocenters. The molecule has 0 aromatic heterocycles. The van der Waals surface area contributed by atoms with E-state index in [4.69, 9.17) is 16.3 Å². The van der Waals surface area contributed by atoms with Crippen LogP contribution in [0.5, 0.6) is 5.75 Å². The number of hydrogen-bond acceptors (Lipinski definition) is 5. The first-order valence-electron chi connectivity index (χ1n) is 9.53. The molecule has 6 nitrogen and oxygen atoms in total. The molecule has 3 rings (SSSR count). The minimum absolute atomic E-state index is 0.113.